The first-order chi connectivity index (χ1) is 9.09. The van der Waals surface area contributed by atoms with Crippen LogP contribution in [-0.4, -0.2) is 13.0 Å². The second-order valence-electron chi connectivity index (χ2n) is 4.62. The van der Waals surface area contributed by atoms with E-state index in [0.717, 1.165) is 11.1 Å². The van der Waals surface area contributed by atoms with Crippen molar-refractivity contribution in [1.82, 2.24) is 0 Å². The van der Waals surface area contributed by atoms with E-state index >= 15 is 0 Å². The van der Waals surface area contributed by atoms with E-state index < -0.39 is 6.04 Å². The van der Waals surface area contributed by atoms with Crippen LogP contribution in [0.25, 0.3) is 11.1 Å². The Morgan fingerprint density at radius 2 is 1.89 bits per heavy atom. The lowest BCUT2D eigenvalue weighted by Crippen LogP contribution is -2.34. The molecule has 0 bridgehead atoms. The number of anilines is 1. The van der Waals surface area contributed by atoms with Crippen LogP contribution >= 0.6 is 0 Å². The molecule has 0 spiro atoms. The van der Waals surface area contributed by atoms with Crippen LogP contribution in [0.4, 0.5) is 10.1 Å². The Bertz CT molecular complexity index is 669. The van der Waals surface area contributed by atoms with E-state index in [1.54, 1.807) is 13.1 Å². The lowest BCUT2D eigenvalue weighted by Gasteiger charge is -2.19. The van der Waals surface area contributed by atoms with Gasteiger partial charge in [-0.3, -0.25) is 4.79 Å². The van der Waals surface area contributed by atoms with E-state index in [-0.39, 0.29) is 11.7 Å². The van der Waals surface area contributed by atoms with Crippen molar-refractivity contribution >= 4 is 11.6 Å². The topological polar surface area (TPSA) is 46.3 Å². The number of nitrogens with zero attached hydrogens (tertiary/aromatic N) is 1. The molecule has 19 heavy (non-hydrogen) atoms. The number of halogens is 1. The van der Waals surface area contributed by atoms with Crippen LogP contribution in [0.3, 0.4) is 0 Å². The summed E-state index contributed by atoms with van der Waals surface area (Å²) < 4.78 is 13.5. The standard InChI is InChI=1S/C15H13FN2O/c1-18-13-7-6-9(16)8-12(13)10-4-2-3-5-11(10)14(17)15(18)19/h2-8,14H,17H2,1H3. The number of benzene rings is 2. The first kappa shape index (κ1) is 11.9. The lowest BCUT2D eigenvalue weighted by molar-refractivity contribution is -0.119. The van der Waals surface area contributed by atoms with Crippen LogP contribution < -0.4 is 10.6 Å². The molecular weight excluding hydrogens is 243 g/mol. The van der Waals surface area contributed by atoms with Gasteiger partial charge in [0.1, 0.15) is 11.9 Å². The molecule has 1 aliphatic rings. The maximum atomic E-state index is 13.5. The van der Waals surface area contributed by atoms with Crippen molar-refractivity contribution in [2.75, 3.05) is 11.9 Å². The number of rotatable bonds is 0. The van der Waals surface area contributed by atoms with Crippen LogP contribution in [0.2, 0.25) is 0 Å². The summed E-state index contributed by atoms with van der Waals surface area (Å²) in [7, 11) is 1.66. The van der Waals surface area contributed by atoms with E-state index in [4.69, 9.17) is 5.73 Å². The van der Waals surface area contributed by atoms with Crippen molar-refractivity contribution < 1.29 is 9.18 Å². The quantitative estimate of drug-likeness (QED) is 0.787. The van der Waals surface area contributed by atoms with E-state index in [1.807, 2.05) is 24.3 Å². The summed E-state index contributed by atoms with van der Waals surface area (Å²) in [6, 6.07) is 11.0. The summed E-state index contributed by atoms with van der Waals surface area (Å²) in [5.41, 5.74) is 8.91. The summed E-state index contributed by atoms with van der Waals surface area (Å²) in [5.74, 6) is -0.525. The predicted molar refractivity (Wildman–Crippen MR) is 72.2 cm³/mol. The number of amides is 1. The van der Waals surface area contributed by atoms with Crippen molar-refractivity contribution in [3.63, 3.8) is 0 Å². The Hall–Kier alpha value is -2.20. The number of hydrogen-bond donors (Lipinski definition) is 1. The normalized spacial score (nSPS) is 17.7. The van der Waals surface area contributed by atoms with Crippen LogP contribution in [-0.2, 0) is 4.79 Å². The van der Waals surface area contributed by atoms with Crippen molar-refractivity contribution in [2.45, 2.75) is 6.04 Å². The average molecular weight is 256 g/mol. The number of likely N-dealkylation sites (N-methyl/N-ethyl adjacent to an activating group) is 1. The maximum absolute atomic E-state index is 13.5. The van der Waals surface area contributed by atoms with Gasteiger partial charge in [0.15, 0.2) is 0 Å². The Morgan fingerprint density at radius 1 is 1.16 bits per heavy atom. The zero-order valence-corrected chi connectivity index (χ0v) is 10.4. The van der Waals surface area contributed by atoms with Crippen LogP contribution in [0.1, 0.15) is 11.6 Å². The van der Waals surface area contributed by atoms with Gasteiger partial charge in [-0.05, 0) is 29.3 Å². The minimum atomic E-state index is -0.725. The zero-order chi connectivity index (χ0) is 13.6. The molecule has 1 atom stereocenters. The molecule has 3 rings (SSSR count). The first-order valence-corrected chi connectivity index (χ1v) is 6.01. The lowest BCUT2D eigenvalue weighted by atomic mass is 9.96. The van der Waals surface area contributed by atoms with E-state index in [1.165, 1.54) is 17.0 Å². The summed E-state index contributed by atoms with van der Waals surface area (Å²) >= 11 is 0. The molecule has 3 nitrogen and oxygen atoms in total. The van der Waals surface area contributed by atoms with E-state index in [2.05, 4.69) is 0 Å². The van der Waals surface area contributed by atoms with Gasteiger partial charge in [0, 0.05) is 12.6 Å². The highest BCUT2D eigenvalue weighted by atomic mass is 19.1. The van der Waals surface area contributed by atoms with Gasteiger partial charge in [-0.15, -0.1) is 0 Å². The fraction of sp³-hybridized carbons (Fsp3) is 0.133. The molecule has 0 radical (unpaired) electrons. The number of nitrogens with two attached hydrogens (primary N) is 1. The van der Waals surface area contributed by atoms with Crippen molar-refractivity contribution in [3.05, 3.63) is 53.8 Å². The zero-order valence-electron chi connectivity index (χ0n) is 10.4. The van der Waals surface area contributed by atoms with Gasteiger partial charge in [0.2, 0.25) is 5.91 Å². The molecule has 1 heterocycles. The molecule has 1 amide bonds. The Morgan fingerprint density at radius 3 is 2.68 bits per heavy atom. The van der Waals surface area contributed by atoms with Crippen LogP contribution in [0, 0.1) is 5.82 Å². The summed E-state index contributed by atoms with van der Waals surface area (Å²) in [6.45, 7) is 0. The third-order valence-electron chi connectivity index (χ3n) is 3.50. The van der Waals surface area contributed by atoms with E-state index in [0.29, 0.717) is 11.3 Å². The second kappa shape index (κ2) is 4.17. The van der Waals surface area contributed by atoms with Gasteiger partial charge < -0.3 is 10.6 Å². The third-order valence-corrected chi connectivity index (χ3v) is 3.50. The van der Waals surface area contributed by atoms with Gasteiger partial charge in [-0.2, -0.15) is 0 Å². The summed E-state index contributed by atoms with van der Waals surface area (Å²) in [4.78, 5) is 13.7. The predicted octanol–water partition coefficient (Wildman–Crippen LogP) is 2.47. The minimum absolute atomic E-state index is 0.196. The van der Waals surface area contributed by atoms with E-state index in [9.17, 15) is 9.18 Å². The third kappa shape index (κ3) is 1.72. The molecule has 96 valence electrons. The monoisotopic (exact) mass is 256 g/mol. The molecule has 0 aromatic heterocycles. The molecule has 2 aromatic rings. The highest BCUT2D eigenvalue weighted by Gasteiger charge is 2.29. The van der Waals surface area contributed by atoms with Gasteiger partial charge in [-0.1, -0.05) is 24.3 Å². The first-order valence-electron chi connectivity index (χ1n) is 6.01. The Labute approximate surface area is 110 Å². The van der Waals surface area contributed by atoms with Gasteiger partial charge in [0.05, 0.1) is 5.69 Å². The summed E-state index contributed by atoms with van der Waals surface area (Å²) in [5, 5.41) is 0. The van der Waals surface area contributed by atoms with Crippen molar-refractivity contribution in [2.24, 2.45) is 5.73 Å². The smallest absolute Gasteiger partial charge is 0.248 e. The highest BCUT2D eigenvalue weighted by Crippen LogP contribution is 2.39. The maximum Gasteiger partial charge on any atom is 0.248 e. The molecule has 0 saturated heterocycles. The Kier molecular flexibility index (Phi) is 2.61. The highest BCUT2D eigenvalue weighted by molar-refractivity contribution is 6.04. The van der Waals surface area contributed by atoms with Crippen LogP contribution in [0.15, 0.2) is 42.5 Å². The molecule has 2 aromatic carbocycles. The molecule has 2 N–H and O–H groups in total. The largest absolute Gasteiger partial charge is 0.316 e. The van der Waals surface area contributed by atoms with Gasteiger partial charge >= 0.3 is 0 Å². The van der Waals surface area contributed by atoms with Gasteiger partial charge in [-0.25, -0.2) is 4.39 Å². The minimum Gasteiger partial charge on any atom is -0.316 e. The summed E-state index contributed by atoms with van der Waals surface area (Å²) in [6.07, 6.45) is 0. The second-order valence-corrected chi connectivity index (χ2v) is 4.62. The van der Waals surface area contributed by atoms with Crippen molar-refractivity contribution in [3.8, 4) is 11.1 Å². The molecule has 1 unspecified atom stereocenters. The number of carbonyl (C=O) groups excluding carboxylic acids is 1. The SMILES string of the molecule is CN1C(=O)C(N)c2ccccc2-c2cc(F)ccc21. The van der Waals surface area contributed by atoms with Crippen molar-refractivity contribution in [1.29, 1.82) is 0 Å². The average Bonchev–Trinajstić information content (AvgIpc) is 2.51. The number of hydrogen-bond acceptors (Lipinski definition) is 2. The fourth-order valence-corrected chi connectivity index (χ4v) is 2.49. The fourth-order valence-electron chi connectivity index (χ4n) is 2.49. The molecular formula is C15H13FN2O. The molecule has 4 heteroatoms. The molecule has 0 fully saturated rings. The molecule has 1 aliphatic heterocycles. The molecule has 0 saturated carbocycles. The number of carbonyl (C=O) groups is 1. The molecule has 0 aliphatic carbocycles. The number of fused-ring (bicyclic) bond motifs is 3. The van der Waals surface area contributed by atoms with Gasteiger partial charge in [0.25, 0.3) is 0 Å². The van der Waals surface area contributed by atoms with Crippen LogP contribution in [0.5, 0.6) is 0 Å². The Balaban J connectivity index is 2.37.